The monoisotopic (exact) mass is 497 g/mol. The largest absolute Gasteiger partial charge is 0.353 e. The maximum atomic E-state index is 14.9. The van der Waals surface area contributed by atoms with E-state index in [4.69, 9.17) is 16.6 Å². The zero-order chi connectivity index (χ0) is 24.6. The van der Waals surface area contributed by atoms with Crippen molar-refractivity contribution in [1.29, 1.82) is 0 Å². The number of likely N-dealkylation sites (N-methyl/N-ethyl adjacent to an activating group) is 1. The highest BCUT2D eigenvalue weighted by molar-refractivity contribution is 6.30. The summed E-state index contributed by atoms with van der Waals surface area (Å²) in [7, 11) is 1.91. The lowest BCUT2D eigenvalue weighted by Gasteiger charge is -2.08. The zero-order valence-corrected chi connectivity index (χ0v) is 20.1. The molecule has 9 heteroatoms. The van der Waals surface area contributed by atoms with Gasteiger partial charge in [0.1, 0.15) is 5.82 Å². The van der Waals surface area contributed by atoms with Crippen molar-refractivity contribution in [2.24, 2.45) is 0 Å². The number of halogens is 2. The number of hydrogen-bond donors (Lipinski definition) is 2. The summed E-state index contributed by atoms with van der Waals surface area (Å²) in [6, 6.07) is 14.0. The van der Waals surface area contributed by atoms with E-state index < -0.39 is 0 Å². The van der Waals surface area contributed by atoms with Crippen molar-refractivity contribution < 1.29 is 4.39 Å². The van der Waals surface area contributed by atoms with E-state index in [0.29, 0.717) is 33.1 Å². The van der Waals surface area contributed by atoms with E-state index in [1.165, 1.54) is 12.1 Å². The summed E-state index contributed by atoms with van der Waals surface area (Å²) < 4.78 is 16.8. The smallest absolute Gasteiger partial charge is 0.132 e. The quantitative estimate of drug-likeness (QED) is 0.307. The molecule has 7 nitrogen and oxygen atoms in total. The average Bonchev–Trinajstić information content (AvgIpc) is 3.53. The SMILES string of the molecule is CNCCn1cc(-c2cnc3ccc(-c4c(-c5cc(Cl)ccc5F)[nH]c5cccnc45)nc3c2)cn1. The summed E-state index contributed by atoms with van der Waals surface area (Å²) >= 11 is 6.22. The third-order valence-electron chi connectivity index (χ3n) is 6.10. The van der Waals surface area contributed by atoms with Gasteiger partial charge in [-0.05, 0) is 55.6 Å². The second-order valence-electron chi connectivity index (χ2n) is 8.45. The molecule has 0 aliphatic heterocycles. The van der Waals surface area contributed by atoms with Crippen LogP contribution in [0.4, 0.5) is 4.39 Å². The van der Waals surface area contributed by atoms with Crippen molar-refractivity contribution in [2.75, 3.05) is 13.6 Å². The van der Waals surface area contributed by atoms with E-state index in [9.17, 15) is 4.39 Å². The standard InChI is InChI=1S/C27H21ClFN7/c1-30-9-10-36-15-17(14-33-36)16-11-24-21(32-13-16)6-7-22(34-24)25-26(19-12-18(28)4-5-20(19)29)35-23-3-2-8-31-27(23)25/h2-8,11-15,30,35H,9-10H2,1H3. The fourth-order valence-electron chi connectivity index (χ4n) is 4.33. The predicted octanol–water partition coefficient (Wildman–Crippen LogP) is 5.72. The van der Waals surface area contributed by atoms with Gasteiger partial charge in [-0.2, -0.15) is 5.10 Å². The Morgan fingerprint density at radius 2 is 1.94 bits per heavy atom. The summed E-state index contributed by atoms with van der Waals surface area (Å²) in [4.78, 5) is 17.4. The molecule has 5 aromatic heterocycles. The molecule has 36 heavy (non-hydrogen) atoms. The van der Waals surface area contributed by atoms with Crippen molar-refractivity contribution >= 4 is 33.7 Å². The molecule has 0 saturated carbocycles. The molecular weight excluding hydrogens is 477 g/mol. The van der Waals surface area contributed by atoms with Crippen LogP contribution in [0, 0.1) is 5.82 Å². The predicted molar refractivity (Wildman–Crippen MR) is 140 cm³/mol. The van der Waals surface area contributed by atoms with Gasteiger partial charge in [-0.25, -0.2) is 9.37 Å². The minimum Gasteiger partial charge on any atom is -0.353 e. The number of hydrogen-bond acceptors (Lipinski definition) is 5. The fourth-order valence-corrected chi connectivity index (χ4v) is 4.50. The number of benzene rings is 1. The number of aromatic amines is 1. The first-order chi connectivity index (χ1) is 17.6. The first-order valence-electron chi connectivity index (χ1n) is 11.5. The minimum absolute atomic E-state index is 0.359. The van der Waals surface area contributed by atoms with Gasteiger partial charge >= 0.3 is 0 Å². The third-order valence-corrected chi connectivity index (χ3v) is 6.34. The summed E-state index contributed by atoms with van der Waals surface area (Å²) in [6.07, 6.45) is 7.35. The van der Waals surface area contributed by atoms with E-state index in [1.54, 1.807) is 12.3 Å². The molecule has 0 amide bonds. The van der Waals surface area contributed by atoms with Crippen molar-refractivity contribution in [2.45, 2.75) is 6.54 Å². The van der Waals surface area contributed by atoms with Gasteiger partial charge in [0, 0.05) is 46.8 Å². The van der Waals surface area contributed by atoms with Crippen LogP contribution in [0.15, 0.2) is 73.3 Å². The van der Waals surface area contributed by atoms with E-state index >= 15 is 0 Å². The Labute approximate surface area is 211 Å². The minimum atomic E-state index is -0.382. The number of nitrogens with one attached hydrogen (secondary N) is 2. The lowest BCUT2D eigenvalue weighted by atomic mass is 10.0. The average molecular weight is 498 g/mol. The van der Waals surface area contributed by atoms with E-state index in [1.807, 2.05) is 60.7 Å². The maximum absolute atomic E-state index is 14.9. The van der Waals surface area contributed by atoms with Crippen LogP contribution in [-0.4, -0.2) is 43.3 Å². The molecule has 0 unspecified atom stereocenters. The molecule has 0 spiro atoms. The topological polar surface area (TPSA) is 84.3 Å². The number of fused-ring (bicyclic) bond motifs is 2. The van der Waals surface area contributed by atoms with Crippen molar-refractivity contribution in [3.05, 3.63) is 84.2 Å². The molecule has 5 heterocycles. The van der Waals surface area contributed by atoms with Gasteiger partial charge in [-0.3, -0.25) is 14.6 Å². The van der Waals surface area contributed by atoms with E-state index in [0.717, 1.165) is 40.8 Å². The number of pyridine rings is 3. The highest BCUT2D eigenvalue weighted by Crippen LogP contribution is 2.39. The lowest BCUT2D eigenvalue weighted by molar-refractivity contribution is 0.585. The van der Waals surface area contributed by atoms with Crippen LogP contribution in [0.5, 0.6) is 0 Å². The Bertz CT molecular complexity index is 1720. The number of rotatable bonds is 6. The van der Waals surface area contributed by atoms with Gasteiger partial charge in [-0.15, -0.1) is 0 Å². The Morgan fingerprint density at radius 3 is 2.83 bits per heavy atom. The summed E-state index contributed by atoms with van der Waals surface area (Å²) in [5.41, 5.74) is 7.14. The van der Waals surface area contributed by atoms with Gasteiger partial charge in [0.2, 0.25) is 0 Å². The van der Waals surface area contributed by atoms with Gasteiger partial charge in [0.05, 0.1) is 51.8 Å². The van der Waals surface area contributed by atoms with E-state index in [-0.39, 0.29) is 5.82 Å². The molecule has 1 aromatic carbocycles. The molecule has 0 saturated heterocycles. The van der Waals surface area contributed by atoms with Gasteiger partial charge in [-0.1, -0.05) is 11.6 Å². The van der Waals surface area contributed by atoms with Crippen LogP contribution in [0.25, 0.3) is 55.7 Å². The van der Waals surface area contributed by atoms with Crippen molar-refractivity contribution in [1.82, 2.24) is 35.0 Å². The van der Waals surface area contributed by atoms with Crippen LogP contribution in [0.2, 0.25) is 5.02 Å². The van der Waals surface area contributed by atoms with Crippen LogP contribution in [-0.2, 0) is 6.54 Å². The second kappa shape index (κ2) is 9.14. The number of aromatic nitrogens is 6. The second-order valence-corrected chi connectivity index (χ2v) is 8.89. The molecular formula is C27H21ClFN7. The Morgan fingerprint density at radius 1 is 1.03 bits per heavy atom. The van der Waals surface area contributed by atoms with Gasteiger partial charge in [0.25, 0.3) is 0 Å². The molecule has 6 rings (SSSR count). The Kier molecular flexibility index (Phi) is 5.67. The van der Waals surface area contributed by atoms with Gasteiger partial charge in [0.15, 0.2) is 0 Å². The molecule has 0 aliphatic carbocycles. The van der Waals surface area contributed by atoms with Gasteiger partial charge < -0.3 is 10.3 Å². The molecule has 0 bridgehead atoms. The Hall–Kier alpha value is -4.14. The molecule has 0 atom stereocenters. The maximum Gasteiger partial charge on any atom is 0.132 e. The first kappa shape index (κ1) is 22.3. The molecule has 178 valence electrons. The van der Waals surface area contributed by atoms with Crippen molar-refractivity contribution in [3.63, 3.8) is 0 Å². The van der Waals surface area contributed by atoms with Crippen LogP contribution in [0.3, 0.4) is 0 Å². The highest BCUT2D eigenvalue weighted by atomic mass is 35.5. The van der Waals surface area contributed by atoms with Crippen molar-refractivity contribution in [3.8, 4) is 33.6 Å². The Balaban J connectivity index is 1.50. The summed E-state index contributed by atoms with van der Waals surface area (Å²) in [5, 5.41) is 8.00. The third kappa shape index (κ3) is 4.00. The van der Waals surface area contributed by atoms with Crippen LogP contribution >= 0.6 is 11.6 Å². The molecule has 0 aliphatic rings. The molecule has 0 radical (unpaired) electrons. The fraction of sp³-hybridized carbons (Fsp3) is 0.111. The van der Waals surface area contributed by atoms with Crippen LogP contribution in [0.1, 0.15) is 0 Å². The number of H-pyrrole nitrogens is 1. The lowest BCUT2D eigenvalue weighted by Crippen LogP contribution is -2.14. The molecule has 2 N–H and O–H groups in total. The molecule has 0 fully saturated rings. The highest BCUT2D eigenvalue weighted by Gasteiger charge is 2.20. The zero-order valence-electron chi connectivity index (χ0n) is 19.3. The summed E-state index contributed by atoms with van der Waals surface area (Å²) in [6.45, 7) is 1.60. The summed E-state index contributed by atoms with van der Waals surface area (Å²) in [5.74, 6) is -0.382. The molecule has 6 aromatic rings. The van der Waals surface area contributed by atoms with E-state index in [2.05, 4.69) is 25.4 Å². The van der Waals surface area contributed by atoms with Crippen LogP contribution < -0.4 is 5.32 Å². The normalized spacial score (nSPS) is 11.5. The number of nitrogens with zero attached hydrogens (tertiary/aromatic N) is 5. The first-order valence-corrected chi connectivity index (χ1v) is 11.9.